The summed E-state index contributed by atoms with van der Waals surface area (Å²) < 4.78 is 5.26. The van der Waals surface area contributed by atoms with E-state index >= 15 is 0 Å². The van der Waals surface area contributed by atoms with Crippen molar-refractivity contribution in [3.8, 4) is 11.5 Å². The van der Waals surface area contributed by atoms with Crippen molar-refractivity contribution in [2.24, 2.45) is 0 Å². The van der Waals surface area contributed by atoms with E-state index in [1.165, 1.54) is 0 Å². The molecule has 1 N–H and O–H groups in total. The zero-order valence-corrected chi connectivity index (χ0v) is 20.2. The highest BCUT2D eigenvalue weighted by atomic mass is 32.1. The third-order valence-corrected chi connectivity index (χ3v) is 12.8. The molecule has 0 atom stereocenters. The summed E-state index contributed by atoms with van der Waals surface area (Å²) in [7, 11) is -1.72. The lowest BCUT2D eigenvalue weighted by molar-refractivity contribution is 0.139. The van der Waals surface area contributed by atoms with Gasteiger partial charge in [-0.2, -0.15) is 0 Å². The molecule has 1 aromatic heterocycles. The van der Waals surface area contributed by atoms with Crippen LogP contribution >= 0.6 is 11.3 Å². The summed E-state index contributed by atoms with van der Waals surface area (Å²) in [5.41, 5.74) is 6.59. The zero-order chi connectivity index (χ0) is 21.4. The number of hydrogen-bond donors (Lipinski definition) is 1. The Bertz CT molecular complexity index is 825. The van der Waals surface area contributed by atoms with Gasteiger partial charge in [-0.3, -0.25) is 0 Å². The van der Waals surface area contributed by atoms with E-state index < -0.39 is 14.2 Å². The molecule has 5 heteroatoms. The highest BCUT2D eigenvalue weighted by Crippen LogP contribution is 2.40. The van der Waals surface area contributed by atoms with E-state index in [-0.39, 0.29) is 6.61 Å². The van der Waals surface area contributed by atoms with E-state index in [4.69, 9.17) is 4.74 Å². The van der Waals surface area contributed by atoms with Gasteiger partial charge in [-0.25, -0.2) is 4.79 Å². The van der Waals surface area contributed by atoms with Crippen LogP contribution in [0.25, 0.3) is 0 Å². The van der Waals surface area contributed by atoms with Gasteiger partial charge in [0, 0.05) is 4.88 Å². The van der Waals surface area contributed by atoms with Crippen LogP contribution in [0.15, 0.2) is 42.5 Å². The highest BCUT2D eigenvalue weighted by Gasteiger charge is 2.41. The normalized spacial score (nSPS) is 11.5. The quantitative estimate of drug-likeness (QED) is 0.392. The summed E-state index contributed by atoms with van der Waals surface area (Å²) >= 11 is 1.64. The molecule has 1 heterocycles. The van der Waals surface area contributed by atoms with Crippen molar-refractivity contribution in [1.82, 2.24) is 5.32 Å². The summed E-state index contributed by atoms with van der Waals surface area (Å²) in [6.45, 7) is 14.7. The molecule has 0 aliphatic heterocycles. The molecule has 2 aromatic rings. The number of thiophene rings is 1. The van der Waals surface area contributed by atoms with Crippen molar-refractivity contribution in [3.05, 3.63) is 57.8 Å². The smallest absolute Gasteiger partial charge is 0.407 e. The fourth-order valence-electron chi connectivity index (χ4n) is 4.08. The third-order valence-electron chi connectivity index (χ3n) is 5.55. The van der Waals surface area contributed by atoms with Gasteiger partial charge in [-0.1, -0.05) is 77.8 Å². The van der Waals surface area contributed by atoms with Gasteiger partial charge in [0.2, 0.25) is 0 Å². The van der Waals surface area contributed by atoms with Crippen LogP contribution in [0.5, 0.6) is 0 Å². The van der Waals surface area contributed by atoms with E-state index in [0.717, 1.165) is 15.3 Å². The Morgan fingerprint density at radius 1 is 1.00 bits per heavy atom. The Morgan fingerprint density at radius 3 is 2.21 bits per heavy atom. The van der Waals surface area contributed by atoms with Crippen molar-refractivity contribution in [2.45, 2.75) is 71.3 Å². The Kier molecular flexibility index (Phi) is 8.55. The summed E-state index contributed by atoms with van der Waals surface area (Å²) in [4.78, 5) is 14.1. The summed E-state index contributed by atoms with van der Waals surface area (Å²) in [6, 6.07) is 13.8. The van der Waals surface area contributed by atoms with Crippen molar-refractivity contribution >= 4 is 25.5 Å². The van der Waals surface area contributed by atoms with Gasteiger partial charge in [0.25, 0.3) is 0 Å². The number of ether oxygens (including phenoxy) is 1. The summed E-state index contributed by atoms with van der Waals surface area (Å²) in [5.74, 6) is 3.47. The number of benzene rings is 1. The van der Waals surface area contributed by atoms with Crippen LogP contribution in [0.3, 0.4) is 0 Å². The molecule has 0 aliphatic rings. The standard InChI is InChI=1S/C24H33NO2SSi/c1-18(2)29(19(3)4,20(5)6)15-14-22-12-13-23(28-22)16-25-24(26)27-17-21-10-8-7-9-11-21/h7-13,18-20H,16-17H2,1-6H3,(H,25,26). The van der Waals surface area contributed by atoms with Gasteiger partial charge in [-0.15, -0.1) is 16.9 Å². The average molecular weight is 428 g/mol. The second kappa shape index (κ2) is 10.7. The maximum Gasteiger partial charge on any atom is 0.407 e. The third kappa shape index (κ3) is 6.22. The second-order valence-corrected chi connectivity index (χ2v) is 15.1. The van der Waals surface area contributed by atoms with Crippen LogP contribution in [0.4, 0.5) is 4.79 Å². The van der Waals surface area contributed by atoms with Crippen molar-refractivity contribution in [2.75, 3.05) is 0 Å². The second-order valence-electron chi connectivity index (χ2n) is 8.33. The van der Waals surface area contributed by atoms with Crippen molar-refractivity contribution in [3.63, 3.8) is 0 Å². The first-order chi connectivity index (χ1) is 13.8. The molecule has 0 saturated carbocycles. The molecule has 0 radical (unpaired) electrons. The fraction of sp³-hybridized carbons (Fsp3) is 0.458. The molecule has 0 fully saturated rings. The molecule has 2 rings (SSSR count). The van der Waals surface area contributed by atoms with E-state index in [9.17, 15) is 4.79 Å². The minimum absolute atomic E-state index is 0.278. The van der Waals surface area contributed by atoms with E-state index in [2.05, 4.69) is 64.4 Å². The Labute approximate surface area is 180 Å². The molecule has 0 spiro atoms. The van der Waals surface area contributed by atoms with E-state index in [1.807, 2.05) is 36.4 Å². The number of amides is 1. The van der Waals surface area contributed by atoms with Gasteiger partial charge in [0.05, 0.1) is 11.4 Å². The number of nitrogens with one attached hydrogen (secondary N) is 1. The highest BCUT2D eigenvalue weighted by molar-refractivity contribution is 7.12. The predicted octanol–water partition coefficient (Wildman–Crippen LogP) is 6.74. The summed E-state index contributed by atoms with van der Waals surface area (Å²) in [5, 5.41) is 2.82. The molecule has 0 unspecified atom stereocenters. The number of carbonyl (C=O) groups is 1. The molecule has 0 aliphatic carbocycles. The topological polar surface area (TPSA) is 38.3 Å². The monoisotopic (exact) mass is 427 g/mol. The number of carbonyl (C=O) groups excluding carboxylic acids is 1. The van der Waals surface area contributed by atoms with Crippen molar-refractivity contribution in [1.29, 1.82) is 0 Å². The van der Waals surface area contributed by atoms with Gasteiger partial charge >= 0.3 is 6.09 Å². The molecular formula is C24H33NO2SSi. The zero-order valence-electron chi connectivity index (χ0n) is 18.4. The fourth-order valence-corrected chi connectivity index (χ4v) is 10.2. The average Bonchev–Trinajstić information content (AvgIpc) is 3.13. The van der Waals surface area contributed by atoms with Crippen molar-refractivity contribution < 1.29 is 9.53 Å². The van der Waals surface area contributed by atoms with Crippen LogP contribution in [0.2, 0.25) is 16.6 Å². The lowest BCUT2D eigenvalue weighted by Crippen LogP contribution is -2.43. The lowest BCUT2D eigenvalue weighted by atomic mass is 10.2. The first-order valence-corrected chi connectivity index (χ1v) is 13.4. The maximum atomic E-state index is 11.9. The van der Waals surface area contributed by atoms with Crippen LogP contribution in [-0.2, 0) is 17.9 Å². The Hall–Kier alpha value is -2.03. The first kappa shape index (κ1) is 23.2. The van der Waals surface area contributed by atoms with Crippen LogP contribution in [0, 0.1) is 11.5 Å². The van der Waals surface area contributed by atoms with Gasteiger partial charge in [0.1, 0.15) is 14.7 Å². The van der Waals surface area contributed by atoms with E-state index in [1.54, 1.807) is 11.3 Å². The minimum Gasteiger partial charge on any atom is -0.445 e. The van der Waals surface area contributed by atoms with Crippen LogP contribution in [0.1, 0.15) is 56.9 Å². The Morgan fingerprint density at radius 2 is 1.62 bits per heavy atom. The largest absolute Gasteiger partial charge is 0.445 e. The molecule has 1 aromatic carbocycles. The molecule has 0 bridgehead atoms. The predicted molar refractivity (Wildman–Crippen MR) is 126 cm³/mol. The molecule has 0 saturated heterocycles. The maximum absolute atomic E-state index is 11.9. The number of hydrogen-bond acceptors (Lipinski definition) is 3. The molecule has 1 amide bonds. The van der Waals surface area contributed by atoms with Crippen LogP contribution < -0.4 is 5.32 Å². The van der Waals surface area contributed by atoms with E-state index in [0.29, 0.717) is 23.2 Å². The molecule has 156 valence electrons. The molecular weight excluding hydrogens is 394 g/mol. The number of rotatable bonds is 7. The van der Waals surface area contributed by atoms with Gasteiger partial charge < -0.3 is 10.1 Å². The lowest BCUT2D eigenvalue weighted by Gasteiger charge is -2.38. The SMILES string of the molecule is CC(C)[Si](C#Cc1ccc(CNC(=O)OCc2ccccc2)s1)(C(C)C)C(C)C. The molecule has 29 heavy (non-hydrogen) atoms. The summed E-state index contributed by atoms with van der Waals surface area (Å²) in [6.07, 6.45) is -0.402. The first-order valence-electron chi connectivity index (χ1n) is 10.3. The van der Waals surface area contributed by atoms with Crippen LogP contribution in [-0.4, -0.2) is 14.2 Å². The van der Waals surface area contributed by atoms with Gasteiger partial charge in [0.15, 0.2) is 0 Å². The number of alkyl carbamates (subject to hydrolysis) is 1. The minimum atomic E-state index is -1.72. The Balaban J connectivity index is 1.95. The molecule has 3 nitrogen and oxygen atoms in total. The van der Waals surface area contributed by atoms with Gasteiger partial charge in [-0.05, 0) is 34.3 Å².